The number of carbonyl (C=O) groups is 1. The number of halogens is 1. The Bertz CT molecular complexity index is 1450. The molecule has 4 rings (SSSR count). The molecule has 1 heterocycles. The fourth-order valence-corrected chi connectivity index (χ4v) is 5.69. The minimum atomic E-state index is -3.77. The Labute approximate surface area is 204 Å². The molecule has 0 fully saturated rings. The summed E-state index contributed by atoms with van der Waals surface area (Å²) < 4.78 is 27.2. The first kappa shape index (κ1) is 23.9. The predicted molar refractivity (Wildman–Crippen MR) is 137 cm³/mol. The fraction of sp³-hybridized carbons (Fsp3) is 0.154. The van der Waals surface area contributed by atoms with Crippen molar-refractivity contribution in [3.8, 4) is 11.1 Å². The second kappa shape index (κ2) is 9.93. The topological polar surface area (TPSA) is 79.4 Å². The van der Waals surface area contributed by atoms with E-state index in [0.29, 0.717) is 29.9 Å². The molecule has 0 saturated carbocycles. The van der Waals surface area contributed by atoms with Crippen molar-refractivity contribution in [1.82, 2.24) is 9.29 Å². The summed E-state index contributed by atoms with van der Waals surface area (Å²) in [5.74, 6) is -0.371. The molecule has 4 aromatic rings. The average molecular weight is 494 g/mol. The molecular formula is C26H24ClN3O3S. The van der Waals surface area contributed by atoms with Crippen molar-refractivity contribution < 1.29 is 13.2 Å². The van der Waals surface area contributed by atoms with E-state index >= 15 is 0 Å². The van der Waals surface area contributed by atoms with Crippen LogP contribution in [0, 0.1) is 0 Å². The average Bonchev–Trinajstić information content (AvgIpc) is 2.85. The lowest BCUT2D eigenvalue weighted by Gasteiger charge is -2.19. The largest absolute Gasteiger partial charge is 0.322 e. The Kier molecular flexibility index (Phi) is 6.97. The molecule has 0 saturated heterocycles. The number of amides is 1. The van der Waals surface area contributed by atoms with Crippen molar-refractivity contribution in [2.45, 2.75) is 18.7 Å². The molecule has 0 spiro atoms. The van der Waals surface area contributed by atoms with Gasteiger partial charge in [0, 0.05) is 41.5 Å². The van der Waals surface area contributed by atoms with Gasteiger partial charge in [0.2, 0.25) is 10.0 Å². The molecule has 0 aliphatic heterocycles. The minimum absolute atomic E-state index is 0.0377. The summed E-state index contributed by atoms with van der Waals surface area (Å²) in [4.78, 5) is 17.4. The van der Waals surface area contributed by atoms with Crippen LogP contribution in [0.4, 0.5) is 5.69 Å². The van der Waals surface area contributed by atoms with Crippen LogP contribution in [0.1, 0.15) is 24.2 Å². The van der Waals surface area contributed by atoms with Crippen molar-refractivity contribution in [2.75, 3.05) is 18.4 Å². The molecule has 1 amide bonds. The number of sulfonamides is 1. The smallest absolute Gasteiger partial charge is 0.255 e. The summed E-state index contributed by atoms with van der Waals surface area (Å²) >= 11 is 6.19. The zero-order valence-electron chi connectivity index (χ0n) is 18.8. The van der Waals surface area contributed by atoms with Gasteiger partial charge in [0.05, 0.1) is 10.5 Å². The highest BCUT2D eigenvalue weighted by atomic mass is 35.5. The first-order chi connectivity index (χ1) is 16.3. The van der Waals surface area contributed by atoms with Crippen LogP contribution >= 0.6 is 11.6 Å². The Hall–Kier alpha value is -3.26. The van der Waals surface area contributed by atoms with E-state index in [-0.39, 0.29) is 15.8 Å². The monoisotopic (exact) mass is 493 g/mol. The number of hydrogen-bond donors (Lipinski definition) is 1. The van der Waals surface area contributed by atoms with Crippen molar-refractivity contribution in [2.24, 2.45) is 0 Å². The first-order valence-electron chi connectivity index (χ1n) is 10.9. The van der Waals surface area contributed by atoms with Gasteiger partial charge in [-0.1, -0.05) is 61.8 Å². The van der Waals surface area contributed by atoms with E-state index in [0.717, 1.165) is 16.5 Å². The lowest BCUT2D eigenvalue weighted by molar-refractivity contribution is 0.102. The lowest BCUT2D eigenvalue weighted by atomic mass is 10.0. The van der Waals surface area contributed by atoms with Gasteiger partial charge in [-0.25, -0.2) is 8.42 Å². The van der Waals surface area contributed by atoms with Crippen molar-refractivity contribution >= 4 is 44.1 Å². The maximum Gasteiger partial charge on any atom is 0.255 e. The second-order valence-electron chi connectivity index (χ2n) is 7.69. The molecule has 0 aliphatic carbocycles. The van der Waals surface area contributed by atoms with Gasteiger partial charge in [-0.3, -0.25) is 9.78 Å². The van der Waals surface area contributed by atoms with Gasteiger partial charge < -0.3 is 5.32 Å². The number of pyridine rings is 1. The van der Waals surface area contributed by atoms with Crippen LogP contribution in [0.25, 0.3) is 22.0 Å². The van der Waals surface area contributed by atoms with E-state index < -0.39 is 10.0 Å². The van der Waals surface area contributed by atoms with E-state index in [1.54, 1.807) is 38.2 Å². The molecular weight excluding hydrogens is 470 g/mol. The third-order valence-corrected chi connectivity index (χ3v) is 8.10. The molecule has 1 aromatic heterocycles. The Morgan fingerprint density at radius 3 is 2.38 bits per heavy atom. The van der Waals surface area contributed by atoms with Crippen LogP contribution in [0.15, 0.2) is 83.9 Å². The number of nitrogens with one attached hydrogen (secondary N) is 1. The van der Waals surface area contributed by atoms with Crippen LogP contribution in [0.2, 0.25) is 5.02 Å². The second-order valence-corrected chi connectivity index (χ2v) is 10.00. The van der Waals surface area contributed by atoms with Crippen molar-refractivity contribution in [3.05, 3.63) is 89.6 Å². The standard InChI is InChI=1S/C26H24ClN3O3S/c1-3-30(4-2)34(32,33)25-16-22(12-13-23(25)27)29-26(31)20-11-10-19-14-21(17-28-24(19)15-20)18-8-6-5-7-9-18/h5-17H,3-4H2,1-2H3,(H,29,31). The molecule has 0 aliphatic rings. The van der Waals surface area contributed by atoms with E-state index in [1.807, 2.05) is 42.5 Å². The van der Waals surface area contributed by atoms with Gasteiger partial charge in [-0.05, 0) is 42.0 Å². The quantitative estimate of drug-likeness (QED) is 0.351. The summed E-state index contributed by atoms with van der Waals surface area (Å²) in [6, 6.07) is 21.7. The number of carbonyl (C=O) groups excluding carboxylic acids is 1. The lowest BCUT2D eigenvalue weighted by Crippen LogP contribution is -2.30. The zero-order chi connectivity index (χ0) is 24.3. The van der Waals surface area contributed by atoms with Gasteiger partial charge >= 0.3 is 0 Å². The molecule has 0 bridgehead atoms. The zero-order valence-corrected chi connectivity index (χ0v) is 20.4. The van der Waals surface area contributed by atoms with Crippen LogP contribution in [-0.4, -0.2) is 36.7 Å². The van der Waals surface area contributed by atoms with Crippen molar-refractivity contribution in [1.29, 1.82) is 0 Å². The fourth-order valence-electron chi connectivity index (χ4n) is 3.74. The molecule has 0 unspecified atom stereocenters. The van der Waals surface area contributed by atoms with Crippen LogP contribution in [0.3, 0.4) is 0 Å². The number of rotatable bonds is 7. The van der Waals surface area contributed by atoms with E-state index in [4.69, 9.17) is 11.6 Å². The third kappa shape index (κ3) is 4.82. The van der Waals surface area contributed by atoms with Crippen LogP contribution < -0.4 is 5.32 Å². The van der Waals surface area contributed by atoms with Gasteiger partial charge in [0.15, 0.2) is 0 Å². The number of aromatic nitrogens is 1. The van der Waals surface area contributed by atoms with Gasteiger partial charge in [-0.15, -0.1) is 0 Å². The van der Waals surface area contributed by atoms with E-state index in [1.165, 1.54) is 16.4 Å². The summed E-state index contributed by atoms with van der Waals surface area (Å²) in [6.45, 7) is 4.16. The number of nitrogens with zero attached hydrogens (tertiary/aromatic N) is 2. The van der Waals surface area contributed by atoms with E-state index in [9.17, 15) is 13.2 Å². The molecule has 34 heavy (non-hydrogen) atoms. The summed E-state index contributed by atoms with van der Waals surface area (Å²) in [5, 5.41) is 3.79. The number of benzene rings is 3. The van der Waals surface area contributed by atoms with Gasteiger partial charge in [0.1, 0.15) is 4.90 Å². The van der Waals surface area contributed by atoms with E-state index in [2.05, 4.69) is 10.3 Å². The Morgan fingerprint density at radius 2 is 1.68 bits per heavy atom. The maximum atomic E-state index is 12.9. The normalized spacial score (nSPS) is 11.6. The van der Waals surface area contributed by atoms with Crippen molar-refractivity contribution in [3.63, 3.8) is 0 Å². The molecule has 0 radical (unpaired) electrons. The molecule has 8 heteroatoms. The number of fused-ring (bicyclic) bond motifs is 1. The SMILES string of the molecule is CCN(CC)S(=O)(=O)c1cc(NC(=O)c2ccc3cc(-c4ccccc4)cnc3c2)ccc1Cl. The highest BCUT2D eigenvalue weighted by Gasteiger charge is 2.25. The Balaban J connectivity index is 1.60. The highest BCUT2D eigenvalue weighted by Crippen LogP contribution is 2.28. The molecule has 0 atom stereocenters. The maximum absolute atomic E-state index is 12.9. The number of anilines is 1. The first-order valence-corrected chi connectivity index (χ1v) is 12.7. The molecule has 6 nitrogen and oxygen atoms in total. The summed E-state index contributed by atoms with van der Waals surface area (Å²) in [6.07, 6.45) is 1.78. The van der Waals surface area contributed by atoms with Gasteiger partial charge in [-0.2, -0.15) is 4.31 Å². The van der Waals surface area contributed by atoms with Gasteiger partial charge in [0.25, 0.3) is 5.91 Å². The molecule has 174 valence electrons. The summed E-state index contributed by atoms with van der Waals surface area (Å²) in [7, 11) is -3.77. The minimum Gasteiger partial charge on any atom is -0.322 e. The highest BCUT2D eigenvalue weighted by molar-refractivity contribution is 7.89. The number of hydrogen-bond acceptors (Lipinski definition) is 4. The molecule has 1 N–H and O–H groups in total. The predicted octanol–water partition coefficient (Wildman–Crippen LogP) is 5.84. The summed E-state index contributed by atoms with van der Waals surface area (Å²) in [5.41, 5.74) is 3.50. The van der Waals surface area contributed by atoms with Crippen LogP contribution in [0.5, 0.6) is 0 Å². The van der Waals surface area contributed by atoms with Crippen LogP contribution in [-0.2, 0) is 10.0 Å². The third-order valence-electron chi connectivity index (χ3n) is 5.57. The Morgan fingerprint density at radius 1 is 0.941 bits per heavy atom. The molecule has 3 aromatic carbocycles.